The Bertz CT molecular complexity index is 618. The first-order chi connectivity index (χ1) is 10.1. The minimum Gasteiger partial charge on any atom is -0.326 e. The number of amides is 1. The summed E-state index contributed by atoms with van der Waals surface area (Å²) >= 11 is 0. The van der Waals surface area contributed by atoms with E-state index in [1.165, 1.54) is 0 Å². The molecule has 0 spiro atoms. The van der Waals surface area contributed by atoms with Crippen LogP contribution >= 0.6 is 0 Å². The molecular formula is C16H22N4O. The molecule has 0 unspecified atom stereocenters. The second kappa shape index (κ2) is 7.04. The number of benzene rings is 1. The summed E-state index contributed by atoms with van der Waals surface area (Å²) in [5, 5.41) is 7.28. The molecule has 3 N–H and O–H groups in total. The van der Waals surface area contributed by atoms with Gasteiger partial charge in [-0.1, -0.05) is 12.1 Å². The molecule has 0 atom stereocenters. The van der Waals surface area contributed by atoms with Crippen molar-refractivity contribution in [3.8, 4) is 0 Å². The number of hydrogen-bond donors (Lipinski definition) is 2. The quantitative estimate of drug-likeness (QED) is 0.856. The maximum absolute atomic E-state index is 11.9. The second-order valence-electron chi connectivity index (χ2n) is 5.21. The average molecular weight is 286 g/mol. The summed E-state index contributed by atoms with van der Waals surface area (Å²) < 4.78 is 1.94. The van der Waals surface area contributed by atoms with Gasteiger partial charge in [0.1, 0.15) is 0 Å². The van der Waals surface area contributed by atoms with E-state index in [0.29, 0.717) is 13.0 Å². The molecule has 0 aliphatic rings. The van der Waals surface area contributed by atoms with Gasteiger partial charge < -0.3 is 11.1 Å². The number of carbonyl (C=O) groups excluding carboxylic acids is 1. The zero-order chi connectivity index (χ0) is 15.2. The third-order valence-electron chi connectivity index (χ3n) is 3.32. The van der Waals surface area contributed by atoms with Gasteiger partial charge in [0.05, 0.1) is 5.69 Å². The highest BCUT2D eigenvalue weighted by molar-refractivity contribution is 5.90. The van der Waals surface area contributed by atoms with E-state index in [9.17, 15) is 4.79 Å². The van der Waals surface area contributed by atoms with Crippen LogP contribution in [0.5, 0.6) is 0 Å². The molecule has 0 aliphatic carbocycles. The highest BCUT2D eigenvalue weighted by atomic mass is 16.1. The molecule has 0 saturated carbocycles. The zero-order valence-electron chi connectivity index (χ0n) is 12.6. The van der Waals surface area contributed by atoms with E-state index in [-0.39, 0.29) is 5.91 Å². The van der Waals surface area contributed by atoms with Crippen molar-refractivity contribution in [2.24, 2.45) is 5.73 Å². The van der Waals surface area contributed by atoms with Crippen LogP contribution in [0.1, 0.15) is 29.8 Å². The first kappa shape index (κ1) is 15.3. The number of nitrogens with one attached hydrogen (secondary N) is 1. The molecular weight excluding hydrogens is 264 g/mol. The summed E-state index contributed by atoms with van der Waals surface area (Å²) in [4.78, 5) is 11.9. The van der Waals surface area contributed by atoms with Gasteiger partial charge in [0.2, 0.25) is 5.91 Å². The molecule has 0 aliphatic heterocycles. The fourth-order valence-electron chi connectivity index (χ4n) is 2.29. The minimum absolute atomic E-state index is 0.0192. The fourth-order valence-corrected chi connectivity index (χ4v) is 2.29. The van der Waals surface area contributed by atoms with Crippen LogP contribution in [0, 0.1) is 13.8 Å². The highest BCUT2D eigenvalue weighted by Crippen LogP contribution is 2.11. The first-order valence-corrected chi connectivity index (χ1v) is 7.18. The smallest absolute Gasteiger partial charge is 0.224 e. The Morgan fingerprint density at radius 3 is 2.81 bits per heavy atom. The molecule has 2 aromatic rings. The van der Waals surface area contributed by atoms with Crippen LogP contribution in [0.15, 0.2) is 30.3 Å². The first-order valence-electron chi connectivity index (χ1n) is 7.18. The number of aromatic nitrogens is 2. The van der Waals surface area contributed by atoms with Crippen molar-refractivity contribution in [3.63, 3.8) is 0 Å². The Labute approximate surface area is 125 Å². The molecule has 1 aromatic carbocycles. The van der Waals surface area contributed by atoms with Crippen LogP contribution in [-0.2, 0) is 17.9 Å². The Kier molecular flexibility index (Phi) is 5.11. The molecule has 0 radical (unpaired) electrons. The Morgan fingerprint density at radius 1 is 1.33 bits per heavy atom. The normalized spacial score (nSPS) is 10.6. The SMILES string of the molecule is Cc1cc(C)n(CCCC(=O)Nc2cccc(CN)c2)n1. The van der Waals surface area contributed by atoms with Crippen LogP contribution in [0.2, 0.25) is 0 Å². The van der Waals surface area contributed by atoms with Gasteiger partial charge in [0.15, 0.2) is 0 Å². The van der Waals surface area contributed by atoms with Crippen molar-refractivity contribution in [1.29, 1.82) is 0 Å². The largest absolute Gasteiger partial charge is 0.326 e. The summed E-state index contributed by atoms with van der Waals surface area (Å²) in [6, 6.07) is 9.65. The van der Waals surface area contributed by atoms with Crippen molar-refractivity contribution in [2.75, 3.05) is 5.32 Å². The van der Waals surface area contributed by atoms with Gasteiger partial charge in [0.25, 0.3) is 0 Å². The lowest BCUT2D eigenvalue weighted by Gasteiger charge is -2.07. The number of carbonyl (C=O) groups is 1. The van der Waals surface area contributed by atoms with Crippen molar-refractivity contribution in [1.82, 2.24) is 9.78 Å². The fraction of sp³-hybridized carbons (Fsp3) is 0.375. The minimum atomic E-state index is 0.0192. The molecule has 21 heavy (non-hydrogen) atoms. The number of nitrogens with two attached hydrogens (primary N) is 1. The molecule has 0 saturated heterocycles. The van der Waals surface area contributed by atoms with Gasteiger partial charge in [-0.3, -0.25) is 9.48 Å². The molecule has 5 nitrogen and oxygen atoms in total. The predicted octanol–water partition coefficient (Wildman–Crippen LogP) is 2.38. The molecule has 5 heteroatoms. The summed E-state index contributed by atoms with van der Waals surface area (Å²) in [5.74, 6) is 0.0192. The molecule has 1 heterocycles. The number of hydrogen-bond acceptors (Lipinski definition) is 3. The van der Waals surface area contributed by atoms with Crippen LogP contribution in [0.4, 0.5) is 5.69 Å². The molecule has 2 rings (SSSR count). The molecule has 0 bridgehead atoms. The summed E-state index contributed by atoms with van der Waals surface area (Å²) in [7, 11) is 0. The topological polar surface area (TPSA) is 72.9 Å². The van der Waals surface area contributed by atoms with Gasteiger partial charge in [-0.15, -0.1) is 0 Å². The van der Waals surface area contributed by atoms with E-state index in [1.807, 2.05) is 48.9 Å². The number of aryl methyl sites for hydroxylation is 3. The molecule has 0 fully saturated rings. The van der Waals surface area contributed by atoms with E-state index >= 15 is 0 Å². The monoisotopic (exact) mass is 286 g/mol. The van der Waals surface area contributed by atoms with Crippen LogP contribution in [0.25, 0.3) is 0 Å². The standard InChI is InChI=1S/C16H22N4O/c1-12-9-13(2)20(19-12)8-4-7-16(21)18-15-6-3-5-14(10-15)11-17/h3,5-6,9-10H,4,7-8,11,17H2,1-2H3,(H,18,21). The van der Waals surface area contributed by atoms with Crippen molar-refractivity contribution in [2.45, 2.75) is 39.8 Å². The lowest BCUT2D eigenvalue weighted by atomic mass is 10.2. The third kappa shape index (κ3) is 4.43. The van der Waals surface area contributed by atoms with Crippen LogP contribution in [-0.4, -0.2) is 15.7 Å². The lowest BCUT2D eigenvalue weighted by molar-refractivity contribution is -0.116. The lowest BCUT2D eigenvalue weighted by Crippen LogP contribution is -2.13. The number of rotatable bonds is 6. The summed E-state index contributed by atoms with van der Waals surface area (Å²) in [5.41, 5.74) is 9.54. The molecule has 1 aromatic heterocycles. The molecule has 112 valence electrons. The van der Waals surface area contributed by atoms with Gasteiger partial charge in [-0.25, -0.2) is 0 Å². The van der Waals surface area contributed by atoms with E-state index in [4.69, 9.17) is 5.73 Å². The number of nitrogens with zero attached hydrogens (tertiary/aromatic N) is 2. The predicted molar refractivity (Wildman–Crippen MR) is 83.9 cm³/mol. The van der Waals surface area contributed by atoms with E-state index < -0.39 is 0 Å². The maximum Gasteiger partial charge on any atom is 0.224 e. The van der Waals surface area contributed by atoms with Gasteiger partial charge in [-0.05, 0) is 44.0 Å². The Morgan fingerprint density at radius 2 is 2.14 bits per heavy atom. The van der Waals surface area contributed by atoms with E-state index in [1.54, 1.807) is 0 Å². The van der Waals surface area contributed by atoms with Crippen molar-refractivity contribution >= 4 is 11.6 Å². The van der Waals surface area contributed by atoms with Crippen LogP contribution < -0.4 is 11.1 Å². The maximum atomic E-state index is 11.9. The Hall–Kier alpha value is -2.14. The second-order valence-corrected chi connectivity index (χ2v) is 5.21. The molecule has 1 amide bonds. The highest BCUT2D eigenvalue weighted by Gasteiger charge is 2.05. The van der Waals surface area contributed by atoms with Crippen molar-refractivity contribution < 1.29 is 4.79 Å². The van der Waals surface area contributed by atoms with E-state index in [0.717, 1.165) is 35.6 Å². The third-order valence-corrected chi connectivity index (χ3v) is 3.32. The van der Waals surface area contributed by atoms with Gasteiger partial charge in [0, 0.05) is 30.9 Å². The average Bonchev–Trinajstić information content (AvgIpc) is 2.77. The van der Waals surface area contributed by atoms with Gasteiger partial charge >= 0.3 is 0 Å². The van der Waals surface area contributed by atoms with Crippen LogP contribution in [0.3, 0.4) is 0 Å². The Balaban J connectivity index is 1.80. The van der Waals surface area contributed by atoms with Crippen molar-refractivity contribution in [3.05, 3.63) is 47.3 Å². The zero-order valence-corrected chi connectivity index (χ0v) is 12.6. The van der Waals surface area contributed by atoms with E-state index in [2.05, 4.69) is 10.4 Å². The van der Waals surface area contributed by atoms with Gasteiger partial charge in [-0.2, -0.15) is 5.10 Å². The summed E-state index contributed by atoms with van der Waals surface area (Å²) in [6.45, 7) is 5.23. The summed E-state index contributed by atoms with van der Waals surface area (Å²) in [6.07, 6.45) is 1.25. The number of anilines is 1.